The molecule has 1 N–H and O–H groups in total. The highest BCUT2D eigenvalue weighted by molar-refractivity contribution is 7.21. The van der Waals surface area contributed by atoms with Crippen LogP contribution in [0.3, 0.4) is 0 Å². The number of hydrogen-bond donors (Lipinski definition) is 1. The minimum Gasteiger partial charge on any atom is -0.349 e. The van der Waals surface area contributed by atoms with E-state index in [9.17, 15) is 9.59 Å². The number of thiophene rings is 1. The van der Waals surface area contributed by atoms with Crippen LogP contribution in [-0.4, -0.2) is 60.4 Å². The standard InChI is InChI=1S/C24H33N3O2S/c1-17(2)25-24(29)23-22(19-8-3-4-9-20(19)30-23)18-11-15-27(16-18)21(28)10-7-14-26-12-5-6-13-26/h3-4,8-9,17-18H,5-7,10-16H2,1-2H3,(H,25,29)/t18-/m1/s1. The van der Waals surface area contributed by atoms with E-state index in [1.807, 2.05) is 30.9 Å². The van der Waals surface area contributed by atoms with Crippen molar-refractivity contribution in [3.8, 4) is 0 Å². The predicted octanol–water partition coefficient (Wildman–Crippen LogP) is 4.23. The Labute approximate surface area is 183 Å². The van der Waals surface area contributed by atoms with Crippen molar-refractivity contribution in [2.75, 3.05) is 32.7 Å². The molecule has 2 aliphatic rings. The van der Waals surface area contributed by atoms with Crippen LogP contribution in [0, 0.1) is 0 Å². The van der Waals surface area contributed by atoms with Crippen LogP contribution in [0.25, 0.3) is 10.1 Å². The predicted molar refractivity (Wildman–Crippen MR) is 123 cm³/mol. The summed E-state index contributed by atoms with van der Waals surface area (Å²) in [5.74, 6) is 0.512. The molecule has 0 aliphatic carbocycles. The molecule has 4 rings (SSSR count). The van der Waals surface area contributed by atoms with Crippen LogP contribution in [0.15, 0.2) is 24.3 Å². The van der Waals surface area contributed by atoms with E-state index in [0.717, 1.165) is 47.6 Å². The Hall–Kier alpha value is -1.92. The molecule has 2 aliphatic heterocycles. The lowest BCUT2D eigenvalue weighted by atomic mass is 9.95. The number of nitrogens with zero attached hydrogens (tertiary/aromatic N) is 2. The number of carbonyl (C=O) groups is 2. The van der Waals surface area contributed by atoms with Gasteiger partial charge >= 0.3 is 0 Å². The Kier molecular flexibility index (Phi) is 6.74. The summed E-state index contributed by atoms with van der Waals surface area (Å²) in [6, 6.07) is 8.38. The lowest BCUT2D eigenvalue weighted by Gasteiger charge is -2.19. The molecule has 3 heterocycles. The molecular weight excluding hydrogens is 394 g/mol. The molecule has 2 amide bonds. The molecular formula is C24H33N3O2S. The number of nitrogens with one attached hydrogen (secondary N) is 1. The Morgan fingerprint density at radius 2 is 1.93 bits per heavy atom. The molecule has 6 heteroatoms. The molecule has 1 aromatic heterocycles. The maximum atomic E-state index is 12.9. The van der Waals surface area contributed by atoms with E-state index in [0.29, 0.717) is 6.42 Å². The summed E-state index contributed by atoms with van der Waals surface area (Å²) in [6.45, 7) is 8.91. The third kappa shape index (κ3) is 4.70. The average molecular weight is 428 g/mol. The van der Waals surface area contributed by atoms with Crippen molar-refractivity contribution in [3.63, 3.8) is 0 Å². The van der Waals surface area contributed by atoms with Crippen molar-refractivity contribution < 1.29 is 9.59 Å². The van der Waals surface area contributed by atoms with Crippen molar-refractivity contribution in [3.05, 3.63) is 34.7 Å². The molecule has 5 nitrogen and oxygen atoms in total. The van der Waals surface area contributed by atoms with Gasteiger partial charge in [0.1, 0.15) is 0 Å². The largest absolute Gasteiger partial charge is 0.349 e. The van der Waals surface area contributed by atoms with Gasteiger partial charge in [0.25, 0.3) is 5.91 Å². The molecule has 1 aromatic carbocycles. The molecule has 0 unspecified atom stereocenters. The van der Waals surface area contributed by atoms with Gasteiger partial charge in [0.05, 0.1) is 4.88 Å². The number of likely N-dealkylation sites (tertiary alicyclic amines) is 2. The average Bonchev–Trinajstić information content (AvgIpc) is 3.46. The van der Waals surface area contributed by atoms with Crippen molar-refractivity contribution in [2.45, 2.75) is 57.9 Å². The maximum absolute atomic E-state index is 12.9. The minimum absolute atomic E-state index is 0.0107. The van der Waals surface area contributed by atoms with Crippen molar-refractivity contribution >= 4 is 33.2 Å². The number of amides is 2. The maximum Gasteiger partial charge on any atom is 0.261 e. The summed E-state index contributed by atoms with van der Waals surface area (Å²) in [4.78, 5) is 31.0. The van der Waals surface area contributed by atoms with Crippen LogP contribution in [0.2, 0.25) is 0 Å². The van der Waals surface area contributed by atoms with Gasteiger partial charge in [-0.15, -0.1) is 11.3 Å². The fourth-order valence-electron chi connectivity index (χ4n) is 4.81. The highest BCUT2D eigenvalue weighted by Crippen LogP contribution is 2.40. The fourth-order valence-corrected chi connectivity index (χ4v) is 6.00. The highest BCUT2D eigenvalue weighted by atomic mass is 32.1. The minimum atomic E-state index is 0.0107. The first-order chi connectivity index (χ1) is 14.5. The van der Waals surface area contributed by atoms with Crippen molar-refractivity contribution in [2.24, 2.45) is 0 Å². The Morgan fingerprint density at radius 1 is 1.17 bits per heavy atom. The lowest BCUT2D eigenvalue weighted by molar-refractivity contribution is -0.130. The number of rotatable bonds is 7. The van der Waals surface area contributed by atoms with E-state index < -0.39 is 0 Å². The Balaban J connectivity index is 1.45. The van der Waals surface area contributed by atoms with E-state index in [1.165, 1.54) is 31.3 Å². The first-order valence-corrected chi connectivity index (χ1v) is 12.2. The van der Waals surface area contributed by atoms with Crippen molar-refractivity contribution in [1.82, 2.24) is 15.1 Å². The van der Waals surface area contributed by atoms with E-state index in [2.05, 4.69) is 22.3 Å². The lowest BCUT2D eigenvalue weighted by Crippen LogP contribution is -2.31. The summed E-state index contributed by atoms with van der Waals surface area (Å²) < 4.78 is 1.15. The molecule has 1 atom stereocenters. The molecule has 0 saturated carbocycles. The van der Waals surface area contributed by atoms with E-state index in [1.54, 1.807) is 11.3 Å². The number of benzene rings is 1. The third-order valence-electron chi connectivity index (χ3n) is 6.27. The molecule has 0 radical (unpaired) electrons. The van der Waals surface area contributed by atoms with Gasteiger partial charge in [-0.1, -0.05) is 18.2 Å². The van der Waals surface area contributed by atoms with Crippen LogP contribution < -0.4 is 5.32 Å². The van der Waals surface area contributed by atoms with Gasteiger partial charge < -0.3 is 15.1 Å². The summed E-state index contributed by atoms with van der Waals surface area (Å²) >= 11 is 1.58. The molecule has 2 fully saturated rings. The summed E-state index contributed by atoms with van der Waals surface area (Å²) in [5, 5.41) is 4.23. The SMILES string of the molecule is CC(C)NC(=O)c1sc2ccccc2c1[C@@H]1CCN(C(=O)CCCN2CCCC2)C1. The summed E-state index contributed by atoms with van der Waals surface area (Å²) in [6.07, 6.45) is 5.10. The monoisotopic (exact) mass is 427 g/mol. The van der Waals surface area contributed by atoms with Crippen LogP contribution in [0.4, 0.5) is 0 Å². The second-order valence-corrected chi connectivity index (χ2v) is 10.00. The first-order valence-electron chi connectivity index (χ1n) is 11.4. The topological polar surface area (TPSA) is 52.7 Å². The highest BCUT2D eigenvalue weighted by Gasteiger charge is 2.32. The van der Waals surface area contributed by atoms with E-state index in [4.69, 9.17) is 0 Å². The number of hydrogen-bond acceptors (Lipinski definition) is 4. The Bertz CT molecular complexity index is 901. The van der Waals surface area contributed by atoms with Crippen molar-refractivity contribution in [1.29, 1.82) is 0 Å². The van der Waals surface area contributed by atoms with Crippen LogP contribution in [0.5, 0.6) is 0 Å². The zero-order chi connectivity index (χ0) is 21.1. The van der Waals surface area contributed by atoms with Gasteiger partial charge in [-0.25, -0.2) is 0 Å². The molecule has 2 saturated heterocycles. The van der Waals surface area contributed by atoms with E-state index in [-0.39, 0.29) is 23.8 Å². The van der Waals surface area contributed by atoms with E-state index >= 15 is 0 Å². The second kappa shape index (κ2) is 9.48. The van der Waals surface area contributed by atoms with Gasteiger partial charge in [-0.2, -0.15) is 0 Å². The van der Waals surface area contributed by atoms with Crippen LogP contribution >= 0.6 is 11.3 Å². The normalized spacial score (nSPS) is 19.8. The quantitative estimate of drug-likeness (QED) is 0.719. The summed E-state index contributed by atoms with van der Waals surface area (Å²) in [7, 11) is 0. The molecule has 2 aromatic rings. The zero-order valence-corrected chi connectivity index (χ0v) is 19.0. The molecule has 0 bridgehead atoms. The van der Waals surface area contributed by atoms with Crippen LogP contribution in [-0.2, 0) is 4.79 Å². The molecule has 162 valence electrons. The Morgan fingerprint density at radius 3 is 2.70 bits per heavy atom. The fraction of sp³-hybridized carbons (Fsp3) is 0.583. The second-order valence-electron chi connectivity index (χ2n) is 8.95. The first kappa shape index (κ1) is 21.3. The van der Waals surface area contributed by atoms with Gasteiger partial charge in [-0.3, -0.25) is 9.59 Å². The third-order valence-corrected chi connectivity index (χ3v) is 7.46. The molecule has 0 spiro atoms. The number of fused-ring (bicyclic) bond motifs is 1. The van der Waals surface area contributed by atoms with Gasteiger partial charge in [0, 0.05) is 36.2 Å². The summed E-state index contributed by atoms with van der Waals surface area (Å²) in [5.41, 5.74) is 1.14. The number of carbonyl (C=O) groups excluding carboxylic acids is 2. The zero-order valence-electron chi connectivity index (χ0n) is 18.2. The van der Waals surface area contributed by atoms with Crippen LogP contribution in [0.1, 0.15) is 67.1 Å². The molecule has 30 heavy (non-hydrogen) atoms. The van der Waals surface area contributed by atoms with Gasteiger partial charge in [0.15, 0.2) is 0 Å². The smallest absolute Gasteiger partial charge is 0.261 e. The van der Waals surface area contributed by atoms with Gasteiger partial charge in [0.2, 0.25) is 5.91 Å². The van der Waals surface area contributed by atoms with Gasteiger partial charge in [-0.05, 0) is 76.2 Å².